The number of carbonyl (C=O) groups excluding carboxylic acids is 3. The van der Waals surface area contributed by atoms with Gasteiger partial charge < -0.3 is 35.6 Å². The Morgan fingerprint density at radius 1 is 0.506 bits per heavy atom. The molecule has 2 aliphatic rings. The molecule has 2 saturated heterocycles. The zero-order valence-electron chi connectivity index (χ0n) is 47.4. The summed E-state index contributed by atoms with van der Waals surface area (Å²) in [6.45, 7) is 7.45. The van der Waals surface area contributed by atoms with Crippen LogP contribution in [0.2, 0.25) is 0 Å². The first kappa shape index (κ1) is 60.3. The second-order valence-electron chi connectivity index (χ2n) is 20.6. The highest BCUT2D eigenvalue weighted by Crippen LogP contribution is 2.27. The molecule has 87 heavy (non-hydrogen) atoms. The Hall–Kier alpha value is -9.82. The molecule has 0 aliphatic carbocycles. The number of piperidine rings is 2. The van der Waals surface area contributed by atoms with Gasteiger partial charge in [-0.1, -0.05) is 70.4 Å². The first-order chi connectivity index (χ1) is 41.9. The summed E-state index contributed by atoms with van der Waals surface area (Å²) in [6.07, 6.45) is 2.67. The summed E-state index contributed by atoms with van der Waals surface area (Å²) >= 11 is 0. The van der Waals surface area contributed by atoms with Crippen LogP contribution in [-0.2, 0) is 20.0 Å². The van der Waals surface area contributed by atoms with E-state index in [1.807, 2.05) is 86.6 Å². The fraction of sp³-hybridized carbons (Fsp3) is 0.226. The molecule has 2 fully saturated rings. The zero-order valence-corrected chi connectivity index (χ0v) is 49.0. The number of carbonyl (C=O) groups is 4. The van der Waals surface area contributed by atoms with E-state index < -0.39 is 32.0 Å². The number of rotatable bonds is 15. The summed E-state index contributed by atoms with van der Waals surface area (Å²) in [5.74, 6) is -1.99. The van der Waals surface area contributed by atoms with Crippen LogP contribution in [-0.4, -0.2) is 133 Å². The Bertz CT molecular complexity index is 4370. The number of sulfonamides is 2. The van der Waals surface area contributed by atoms with Gasteiger partial charge in [-0.05, 0) is 181 Å². The minimum atomic E-state index is -3.64. The first-order valence-electron chi connectivity index (χ1n) is 28.1. The molecule has 0 atom stereocenters. The van der Waals surface area contributed by atoms with Crippen molar-refractivity contribution >= 4 is 98.8 Å². The molecule has 2 amide bonds. The van der Waals surface area contributed by atoms with Gasteiger partial charge in [0.15, 0.2) is 0 Å². The zero-order chi connectivity index (χ0) is 61.2. The van der Waals surface area contributed by atoms with Crippen LogP contribution < -0.4 is 34.7 Å². The van der Waals surface area contributed by atoms with E-state index in [2.05, 4.69) is 50.5 Å². The molecule has 0 unspecified atom stereocenters. The Morgan fingerprint density at radius 2 is 0.920 bits per heavy atom. The number of hydrogen-bond donors (Lipinski definition) is 6. The van der Waals surface area contributed by atoms with Crippen LogP contribution in [0.4, 0.5) is 11.4 Å². The van der Waals surface area contributed by atoms with E-state index in [1.165, 1.54) is 0 Å². The van der Waals surface area contributed by atoms with Crippen molar-refractivity contribution < 1.29 is 51.2 Å². The quantitative estimate of drug-likeness (QED) is 0.0429. The topological polar surface area (TPSA) is 302 Å². The molecule has 12 rings (SSSR count). The van der Waals surface area contributed by atoms with Gasteiger partial charge in [0.25, 0.3) is 11.8 Å². The summed E-state index contributed by atoms with van der Waals surface area (Å²) in [5.41, 5.74) is 5.18. The average molecular weight is 1220 g/mol. The van der Waals surface area contributed by atoms with E-state index in [9.17, 15) is 41.2 Å². The number of nitrogens with zero attached hydrogens (tertiary/aromatic N) is 8. The highest BCUT2D eigenvalue weighted by Gasteiger charge is 2.27. The molecule has 0 spiro atoms. The molecular formula is C62H62N12O11S2. The van der Waals surface area contributed by atoms with Crippen LogP contribution >= 0.6 is 0 Å². The monoisotopic (exact) mass is 1210 g/mol. The number of fused-ring (bicyclic) bond motifs is 4. The fourth-order valence-corrected chi connectivity index (χ4v) is 12.9. The molecule has 0 radical (unpaired) electrons. The largest absolute Gasteiger partial charge is 0.478 e. The van der Waals surface area contributed by atoms with Crippen LogP contribution in [0.15, 0.2) is 180 Å². The highest BCUT2D eigenvalue weighted by atomic mass is 32.2. The van der Waals surface area contributed by atoms with Crippen LogP contribution in [0.3, 0.4) is 0 Å². The lowest BCUT2D eigenvalue weighted by Gasteiger charge is -2.33. The molecule has 6 N–H and O–H groups in total. The molecule has 0 saturated carbocycles. The summed E-state index contributed by atoms with van der Waals surface area (Å²) in [4.78, 5) is 59.5. The predicted octanol–water partition coefficient (Wildman–Crippen LogP) is 7.45. The third-order valence-electron chi connectivity index (χ3n) is 14.9. The van der Waals surface area contributed by atoms with Crippen molar-refractivity contribution in [2.75, 3.05) is 49.1 Å². The van der Waals surface area contributed by atoms with E-state index >= 15 is 0 Å². The molecular weight excluding hydrogens is 1150 g/mol. The van der Waals surface area contributed by atoms with E-state index in [0.29, 0.717) is 109 Å². The number of nitrogens with one attached hydrogen (secondary N) is 4. The maximum Gasteiger partial charge on any atom is 0.365 e. The number of aromatic nitrogens is 6. The highest BCUT2D eigenvalue weighted by molar-refractivity contribution is 7.89. The van der Waals surface area contributed by atoms with E-state index in [1.54, 1.807) is 97.1 Å². The van der Waals surface area contributed by atoms with Gasteiger partial charge in [0.2, 0.25) is 20.0 Å². The second-order valence-corrected chi connectivity index (χ2v) is 24.1. The smallest absolute Gasteiger partial charge is 0.365 e. The van der Waals surface area contributed by atoms with Crippen molar-refractivity contribution in [1.29, 1.82) is 0 Å². The Kier molecular flexibility index (Phi) is 18.5. The number of anilines is 2. The summed E-state index contributed by atoms with van der Waals surface area (Å²) < 4.78 is 57.5. The third-order valence-corrected chi connectivity index (χ3v) is 17.9. The molecule has 0 bridgehead atoms. The maximum atomic E-state index is 13.1. The minimum Gasteiger partial charge on any atom is -0.478 e. The van der Waals surface area contributed by atoms with Crippen LogP contribution in [0.5, 0.6) is 0 Å². The van der Waals surface area contributed by atoms with Crippen molar-refractivity contribution in [2.45, 2.75) is 61.4 Å². The molecule has 4 heterocycles. The van der Waals surface area contributed by atoms with Gasteiger partial charge in [-0.25, -0.2) is 35.9 Å². The number of carboxylic acids is 1. The number of aromatic carboxylic acids is 1. The van der Waals surface area contributed by atoms with Crippen molar-refractivity contribution in [3.8, 4) is 0 Å². The number of benzene rings is 8. The summed E-state index contributed by atoms with van der Waals surface area (Å²) in [5, 5.41) is 42.5. The normalized spacial score (nSPS) is 14.0. The fourth-order valence-electron chi connectivity index (χ4n) is 10.2. The van der Waals surface area contributed by atoms with Gasteiger partial charge in [0, 0.05) is 73.9 Å². The van der Waals surface area contributed by atoms with Gasteiger partial charge in [0.1, 0.15) is 22.1 Å². The van der Waals surface area contributed by atoms with Gasteiger partial charge in [-0.3, -0.25) is 9.59 Å². The number of carboxylic acid groups (broad SMARTS) is 1. The first-order valence-corrected chi connectivity index (χ1v) is 31.1. The molecule has 23 nitrogen and oxygen atoms in total. The van der Waals surface area contributed by atoms with Gasteiger partial charge >= 0.3 is 11.9 Å². The standard InChI is InChI=1S/C31H30N6O5S.C22H22N2O4S.C9H10N4O2/c1-2-32-30(38)24-10-14-28-29(20-24)37(35-33-28)42-31(39)22-7-11-26(12-8-22)36-17-15-25(16-18-36)34-43(40,41)27-13-9-21-5-3-4-6-23(21)19-27;25-22(26)17-5-8-20(9-6-17)24-13-11-19(12-14-24)23-29(27,28)21-10-7-16-3-1-2-4-18(16)15-21;1-2-10-9(14)6-3-4-7-8(5-6)13(15)12-11-7/h3-14,19-20,25,34H,2,15-18H2,1H3,(H,32,38);1-10,15,19,23H,11-14H2,(H,25,26);3-5,15H,2H2,1H3,(H,10,14). The number of hydrogen-bond acceptors (Lipinski definition) is 16. The van der Waals surface area contributed by atoms with Crippen molar-refractivity contribution in [2.24, 2.45) is 0 Å². The lowest BCUT2D eigenvalue weighted by molar-refractivity contribution is 0.0408. The summed E-state index contributed by atoms with van der Waals surface area (Å²) in [6, 6.07) is 48.9. The van der Waals surface area contributed by atoms with Crippen molar-refractivity contribution in [3.05, 3.63) is 192 Å². The average Bonchev–Trinajstić information content (AvgIpc) is 3.45. The Labute approximate surface area is 500 Å². The van der Waals surface area contributed by atoms with Crippen LogP contribution in [0.25, 0.3) is 43.6 Å². The minimum absolute atomic E-state index is 0.124. The van der Waals surface area contributed by atoms with Crippen LogP contribution in [0.1, 0.15) is 81.0 Å². The molecule has 25 heteroatoms. The van der Waals surface area contributed by atoms with E-state index in [4.69, 9.17) is 9.94 Å². The molecule has 8 aromatic carbocycles. The molecule has 2 aliphatic heterocycles. The lowest BCUT2D eigenvalue weighted by Crippen LogP contribution is -2.44. The molecule has 10 aromatic rings. The number of amides is 2. The Morgan fingerprint density at radius 3 is 1.38 bits per heavy atom. The molecule has 448 valence electrons. The maximum absolute atomic E-state index is 13.1. The van der Waals surface area contributed by atoms with Crippen molar-refractivity contribution in [3.63, 3.8) is 0 Å². The van der Waals surface area contributed by atoms with E-state index in [0.717, 1.165) is 37.8 Å². The second kappa shape index (κ2) is 26.6. The predicted molar refractivity (Wildman–Crippen MR) is 328 cm³/mol. The Balaban J connectivity index is 0.000000163. The van der Waals surface area contributed by atoms with Gasteiger partial charge in [-0.15, -0.1) is 10.2 Å². The summed E-state index contributed by atoms with van der Waals surface area (Å²) in [7, 11) is -7.23. The SMILES string of the molecule is CCNC(=O)c1ccc2nnn(O)c2c1.CCNC(=O)c1ccc2nnn(OC(=O)c3ccc(N4CCC(NS(=O)(=O)c5ccc6ccccc6c5)CC4)cc3)c2c1.O=C(O)c1ccc(N2CCC(NS(=O)(=O)c3ccc4ccccc4c3)CC2)cc1. The lowest BCUT2D eigenvalue weighted by atomic mass is 10.1. The molecule has 2 aromatic heterocycles. The third kappa shape index (κ3) is 14.5. The van der Waals surface area contributed by atoms with Gasteiger partial charge in [-0.2, -0.15) is 0 Å². The van der Waals surface area contributed by atoms with Gasteiger partial charge in [0.05, 0.1) is 20.9 Å². The van der Waals surface area contributed by atoms with E-state index in [-0.39, 0.29) is 39.3 Å². The van der Waals surface area contributed by atoms with Crippen molar-refractivity contribution in [1.82, 2.24) is 50.4 Å². The van der Waals surface area contributed by atoms with Crippen LogP contribution in [0, 0.1) is 0 Å².